The van der Waals surface area contributed by atoms with Gasteiger partial charge in [-0.3, -0.25) is 14.5 Å². The zero-order valence-corrected chi connectivity index (χ0v) is 11.5. The minimum absolute atomic E-state index is 0.0671. The average Bonchev–Trinajstić information content (AvgIpc) is 2.49. The number of fused-ring (bicyclic) bond motifs is 1. The largest absolute Gasteiger partial charge is 0.274 e. The summed E-state index contributed by atoms with van der Waals surface area (Å²) in [6, 6.07) is 6.97. The van der Waals surface area contributed by atoms with E-state index in [4.69, 9.17) is 0 Å². The molecule has 0 saturated carbocycles. The van der Waals surface area contributed by atoms with Crippen LogP contribution in [0.4, 0.5) is 0 Å². The summed E-state index contributed by atoms with van der Waals surface area (Å²) < 4.78 is -0.0671. The summed E-state index contributed by atoms with van der Waals surface area (Å²) in [6.07, 6.45) is 0.735. The molecule has 4 heteroatoms. The number of imide groups is 1. The summed E-state index contributed by atoms with van der Waals surface area (Å²) in [5.74, 6) is -0.357. The molecule has 0 atom stereocenters. The van der Waals surface area contributed by atoms with Crippen LogP contribution in [0.2, 0.25) is 0 Å². The van der Waals surface area contributed by atoms with Crippen LogP contribution < -0.4 is 0 Å². The lowest BCUT2D eigenvalue weighted by Crippen LogP contribution is -2.33. The van der Waals surface area contributed by atoms with Crippen molar-refractivity contribution in [2.24, 2.45) is 0 Å². The summed E-state index contributed by atoms with van der Waals surface area (Å²) >= 11 is 3.51. The van der Waals surface area contributed by atoms with Gasteiger partial charge in [-0.1, -0.05) is 28.1 Å². The maximum atomic E-state index is 12.0. The number of halogens is 1. The fourth-order valence-electron chi connectivity index (χ4n) is 1.82. The van der Waals surface area contributed by atoms with Crippen molar-refractivity contribution in [2.75, 3.05) is 6.54 Å². The third-order valence-electron chi connectivity index (χ3n) is 2.81. The number of carbonyl (C=O) groups is 2. The van der Waals surface area contributed by atoms with Crippen LogP contribution in [-0.4, -0.2) is 27.6 Å². The zero-order valence-electron chi connectivity index (χ0n) is 9.87. The van der Waals surface area contributed by atoms with Gasteiger partial charge in [-0.25, -0.2) is 0 Å². The first kappa shape index (κ1) is 12.3. The highest BCUT2D eigenvalue weighted by molar-refractivity contribution is 9.10. The summed E-state index contributed by atoms with van der Waals surface area (Å²) in [6.45, 7) is 4.49. The van der Waals surface area contributed by atoms with Gasteiger partial charge in [0.05, 0.1) is 11.1 Å². The molecule has 0 radical (unpaired) electrons. The van der Waals surface area contributed by atoms with E-state index in [1.165, 1.54) is 4.90 Å². The van der Waals surface area contributed by atoms with Crippen LogP contribution in [-0.2, 0) is 0 Å². The third kappa shape index (κ3) is 2.41. The molecule has 2 amide bonds. The first-order valence-corrected chi connectivity index (χ1v) is 6.33. The van der Waals surface area contributed by atoms with Gasteiger partial charge < -0.3 is 0 Å². The standard InChI is InChI=1S/C13H14BrNO2/c1-13(2,14)7-8-15-11(16)9-5-3-4-6-10(9)12(15)17/h3-6H,7-8H2,1-2H3. The Kier molecular flexibility index (Phi) is 3.08. The van der Waals surface area contributed by atoms with Gasteiger partial charge in [0.2, 0.25) is 0 Å². The van der Waals surface area contributed by atoms with Crippen molar-refractivity contribution < 1.29 is 9.59 Å². The Morgan fingerprint density at radius 2 is 1.59 bits per heavy atom. The van der Waals surface area contributed by atoms with E-state index in [2.05, 4.69) is 15.9 Å². The van der Waals surface area contributed by atoms with Gasteiger partial charge in [-0.05, 0) is 32.4 Å². The van der Waals surface area contributed by atoms with E-state index >= 15 is 0 Å². The lowest BCUT2D eigenvalue weighted by molar-refractivity contribution is 0.0650. The van der Waals surface area contributed by atoms with Crippen molar-refractivity contribution in [3.05, 3.63) is 35.4 Å². The number of hydrogen-bond acceptors (Lipinski definition) is 2. The first-order chi connectivity index (χ1) is 7.90. The molecule has 1 aliphatic heterocycles. The lowest BCUT2D eigenvalue weighted by atomic mass is 10.1. The van der Waals surface area contributed by atoms with Crippen LogP contribution in [0.3, 0.4) is 0 Å². The molecule has 3 nitrogen and oxygen atoms in total. The van der Waals surface area contributed by atoms with E-state index < -0.39 is 0 Å². The van der Waals surface area contributed by atoms with Crippen molar-refractivity contribution in [1.29, 1.82) is 0 Å². The lowest BCUT2D eigenvalue weighted by Gasteiger charge is -2.20. The maximum absolute atomic E-state index is 12.0. The molecule has 0 unspecified atom stereocenters. The Morgan fingerprint density at radius 1 is 1.12 bits per heavy atom. The minimum Gasteiger partial charge on any atom is -0.274 e. The Hall–Kier alpha value is -1.16. The normalized spacial score (nSPS) is 15.4. The van der Waals surface area contributed by atoms with Gasteiger partial charge in [0.1, 0.15) is 0 Å². The molecule has 1 aromatic carbocycles. The molecule has 0 aliphatic carbocycles. The number of alkyl halides is 1. The summed E-state index contributed by atoms with van der Waals surface area (Å²) in [5, 5.41) is 0. The summed E-state index contributed by atoms with van der Waals surface area (Å²) in [7, 11) is 0. The second kappa shape index (κ2) is 4.26. The second-order valence-electron chi connectivity index (χ2n) is 4.78. The smallest absolute Gasteiger partial charge is 0.261 e. The molecule has 0 spiro atoms. The predicted octanol–water partition coefficient (Wildman–Crippen LogP) is 2.85. The van der Waals surface area contributed by atoms with Crippen molar-refractivity contribution in [3.8, 4) is 0 Å². The highest BCUT2D eigenvalue weighted by atomic mass is 79.9. The summed E-state index contributed by atoms with van der Waals surface area (Å²) in [5.41, 5.74) is 1.04. The third-order valence-corrected chi connectivity index (χ3v) is 3.20. The highest BCUT2D eigenvalue weighted by Gasteiger charge is 2.35. The number of amides is 2. The number of carbonyl (C=O) groups excluding carboxylic acids is 2. The van der Waals surface area contributed by atoms with E-state index in [1.807, 2.05) is 13.8 Å². The molecular formula is C13H14BrNO2. The number of hydrogen-bond donors (Lipinski definition) is 0. The molecule has 0 N–H and O–H groups in total. The molecule has 1 heterocycles. The molecule has 1 aromatic rings. The van der Waals surface area contributed by atoms with Crippen molar-refractivity contribution in [2.45, 2.75) is 24.6 Å². The second-order valence-corrected chi connectivity index (χ2v) is 6.92. The van der Waals surface area contributed by atoms with Crippen molar-refractivity contribution in [3.63, 3.8) is 0 Å². The number of nitrogens with zero attached hydrogens (tertiary/aromatic N) is 1. The molecule has 17 heavy (non-hydrogen) atoms. The number of rotatable bonds is 3. The van der Waals surface area contributed by atoms with E-state index in [0.29, 0.717) is 17.7 Å². The predicted molar refractivity (Wildman–Crippen MR) is 69.4 cm³/mol. The van der Waals surface area contributed by atoms with Crippen LogP contribution in [0, 0.1) is 0 Å². The average molecular weight is 296 g/mol. The van der Waals surface area contributed by atoms with Crippen molar-refractivity contribution >= 4 is 27.7 Å². The van der Waals surface area contributed by atoms with Crippen LogP contribution in [0.1, 0.15) is 41.0 Å². The Labute approximate surface area is 109 Å². The van der Waals surface area contributed by atoms with Crippen LogP contribution in [0.15, 0.2) is 24.3 Å². The Morgan fingerprint density at radius 3 is 2.00 bits per heavy atom. The maximum Gasteiger partial charge on any atom is 0.261 e. The van der Waals surface area contributed by atoms with Gasteiger partial charge in [0.15, 0.2) is 0 Å². The molecule has 90 valence electrons. The van der Waals surface area contributed by atoms with Crippen LogP contribution >= 0.6 is 15.9 Å². The van der Waals surface area contributed by atoms with E-state index in [9.17, 15) is 9.59 Å². The molecule has 0 bridgehead atoms. The van der Waals surface area contributed by atoms with E-state index in [0.717, 1.165) is 6.42 Å². The fourth-order valence-corrected chi connectivity index (χ4v) is 2.00. The van der Waals surface area contributed by atoms with Gasteiger partial charge in [-0.15, -0.1) is 0 Å². The molecule has 1 aliphatic rings. The zero-order chi connectivity index (χ0) is 12.6. The van der Waals surface area contributed by atoms with Gasteiger partial charge in [0.25, 0.3) is 11.8 Å². The van der Waals surface area contributed by atoms with Gasteiger partial charge >= 0.3 is 0 Å². The number of benzene rings is 1. The molecule has 0 fully saturated rings. The van der Waals surface area contributed by atoms with E-state index in [1.54, 1.807) is 24.3 Å². The molecule has 2 rings (SSSR count). The van der Waals surface area contributed by atoms with Crippen LogP contribution in [0.25, 0.3) is 0 Å². The molecular weight excluding hydrogens is 282 g/mol. The van der Waals surface area contributed by atoms with Crippen LogP contribution in [0.5, 0.6) is 0 Å². The quantitative estimate of drug-likeness (QED) is 0.635. The molecule has 0 saturated heterocycles. The van der Waals surface area contributed by atoms with E-state index in [-0.39, 0.29) is 16.1 Å². The molecule has 0 aromatic heterocycles. The Balaban J connectivity index is 2.19. The Bertz CT molecular complexity index is 442. The monoisotopic (exact) mass is 295 g/mol. The van der Waals surface area contributed by atoms with Crippen molar-refractivity contribution in [1.82, 2.24) is 4.90 Å². The van der Waals surface area contributed by atoms with Gasteiger partial charge in [0, 0.05) is 10.9 Å². The highest BCUT2D eigenvalue weighted by Crippen LogP contribution is 2.26. The summed E-state index contributed by atoms with van der Waals surface area (Å²) in [4.78, 5) is 25.4. The van der Waals surface area contributed by atoms with Gasteiger partial charge in [-0.2, -0.15) is 0 Å². The SMILES string of the molecule is CC(C)(Br)CCN1C(=O)c2ccccc2C1=O. The first-order valence-electron chi connectivity index (χ1n) is 5.54. The fraction of sp³-hybridized carbons (Fsp3) is 0.385. The minimum atomic E-state index is -0.178. The topological polar surface area (TPSA) is 37.4 Å².